The van der Waals surface area contributed by atoms with Gasteiger partial charge in [0.05, 0.1) is 6.54 Å². The molecule has 0 aliphatic heterocycles. The number of nitrogens with zero attached hydrogens (tertiary/aromatic N) is 1. The molecule has 0 saturated carbocycles. The molecular formula is C20H26N2O2. The van der Waals surface area contributed by atoms with Gasteiger partial charge in [0.2, 0.25) is 0 Å². The lowest BCUT2D eigenvalue weighted by atomic mass is 10.1. The Morgan fingerprint density at radius 3 is 2.38 bits per heavy atom. The van der Waals surface area contributed by atoms with Crippen molar-refractivity contribution in [3.05, 3.63) is 65.2 Å². The van der Waals surface area contributed by atoms with E-state index in [4.69, 9.17) is 4.74 Å². The maximum atomic E-state index is 12.3. The van der Waals surface area contributed by atoms with Crippen molar-refractivity contribution in [2.75, 3.05) is 19.7 Å². The van der Waals surface area contributed by atoms with Gasteiger partial charge in [-0.05, 0) is 49.6 Å². The summed E-state index contributed by atoms with van der Waals surface area (Å²) >= 11 is 0. The molecule has 0 saturated heterocycles. The second kappa shape index (κ2) is 8.96. The minimum atomic E-state index is -0.0645. The monoisotopic (exact) mass is 326 g/mol. The molecule has 0 unspecified atom stereocenters. The molecule has 2 aromatic rings. The fourth-order valence-electron chi connectivity index (χ4n) is 2.59. The fraction of sp³-hybridized carbons (Fsp3) is 0.350. The maximum absolute atomic E-state index is 12.3. The quantitative estimate of drug-likeness (QED) is 0.784. The van der Waals surface area contributed by atoms with Gasteiger partial charge < -0.3 is 15.0 Å². The van der Waals surface area contributed by atoms with Gasteiger partial charge in [-0.15, -0.1) is 0 Å². The van der Waals surface area contributed by atoms with Gasteiger partial charge in [0.1, 0.15) is 12.4 Å². The van der Waals surface area contributed by atoms with Crippen LogP contribution in [-0.4, -0.2) is 30.6 Å². The summed E-state index contributed by atoms with van der Waals surface area (Å²) in [6.07, 6.45) is 0. The summed E-state index contributed by atoms with van der Waals surface area (Å²) in [5.41, 5.74) is 3.48. The van der Waals surface area contributed by atoms with Crippen LogP contribution >= 0.6 is 0 Å². The standard InChI is InChI=1S/C20H26N2O2/c1-4-22(15-18-8-6-5-7-9-18)20(23)21-10-11-24-19-13-16(2)12-17(3)14-19/h5-9,12-14H,4,10-11,15H2,1-3H3,(H,21,23). The Morgan fingerprint density at radius 2 is 1.75 bits per heavy atom. The van der Waals surface area contributed by atoms with Crippen molar-refractivity contribution < 1.29 is 9.53 Å². The number of aryl methyl sites for hydroxylation is 2. The Kier molecular flexibility index (Phi) is 6.67. The number of nitrogens with one attached hydrogen (secondary N) is 1. The molecule has 0 spiro atoms. The number of carbonyl (C=O) groups excluding carboxylic acids is 1. The maximum Gasteiger partial charge on any atom is 0.317 e. The Morgan fingerprint density at radius 1 is 1.08 bits per heavy atom. The average molecular weight is 326 g/mol. The lowest BCUT2D eigenvalue weighted by Crippen LogP contribution is -2.41. The highest BCUT2D eigenvalue weighted by Gasteiger charge is 2.11. The zero-order valence-corrected chi connectivity index (χ0v) is 14.7. The van der Waals surface area contributed by atoms with E-state index in [1.807, 2.05) is 63.2 Å². The van der Waals surface area contributed by atoms with E-state index in [1.54, 1.807) is 4.90 Å². The van der Waals surface area contributed by atoms with Gasteiger partial charge in [-0.3, -0.25) is 0 Å². The first-order valence-corrected chi connectivity index (χ1v) is 8.36. The molecule has 0 radical (unpaired) electrons. The lowest BCUT2D eigenvalue weighted by molar-refractivity contribution is 0.195. The Bertz CT molecular complexity index is 636. The molecule has 0 aliphatic rings. The minimum Gasteiger partial charge on any atom is -0.492 e. The molecule has 128 valence electrons. The van der Waals surface area contributed by atoms with E-state index >= 15 is 0 Å². The van der Waals surface area contributed by atoms with Crippen LogP contribution in [0.5, 0.6) is 5.75 Å². The number of hydrogen-bond acceptors (Lipinski definition) is 2. The highest BCUT2D eigenvalue weighted by molar-refractivity contribution is 5.74. The topological polar surface area (TPSA) is 41.6 Å². The van der Waals surface area contributed by atoms with E-state index in [1.165, 1.54) is 11.1 Å². The molecule has 2 aromatic carbocycles. The van der Waals surface area contributed by atoms with E-state index < -0.39 is 0 Å². The van der Waals surface area contributed by atoms with Gasteiger partial charge in [0.25, 0.3) is 0 Å². The van der Waals surface area contributed by atoms with E-state index in [0.717, 1.165) is 11.3 Å². The number of amides is 2. The van der Waals surface area contributed by atoms with E-state index in [2.05, 4.69) is 11.4 Å². The summed E-state index contributed by atoms with van der Waals surface area (Å²) in [7, 11) is 0. The molecule has 2 rings (SSSR count). The highest BCUT2D eigenvalue weighted by atomic mass is 16.5. The summed E-state index contributed by atoms with van der Waals surface area (Å²) in [4.78, 5) is 14.0. The molecule has 4 heteroatoms. The van der Waals surface area contributed by atoms with Crippen LogP contribution in [0.25, 0.3) is 0 Å². The number of benzene rings is 2. The lowest BCUT2D eigenvalue weighted by Gasteiger charge is -2.21. The summed E-state index contributed by atoms with van der Waals surface area (Å²) in [5.74, 6) is 0.846. The van der Waals surface area contributed by atoms with Crippen molar-refractivity contribution in [1.82, 2.24) is 10.2 Å². The summed E-state index contributed by atoms with van der Waals surface area (Å²) < 4.78 is 5.72. The van der Waals surface area contributed by atoms with Crippen LogP contribution in [0.4, 0.5) is 4.79 Å². The zero-order valence-electron chi connectivity index (χ0n) is 14.7. The van der Waals surface area contributed by atoms with Crippen molar-refractivity contribution in [2.45, 2.75) is 27.3 Å². The molecule has 0 fully saturated rings. The second-order valence-electron chi connectivity index (χ2n) is 5.90. The molecule has 24 heavy (non-hydrogen) atoms. The van der Waals surface area contributed by atoms with Crippen LogP contribution in [0.1, 0.15) is 23.6 Å². The van der Waals surface area contributed by atoms with Crippen molar-refractivity contribution in [3.8, 4) is 5.75 Å². The van der Waals surface area contributed by atoms with Crippen molar-refractivity contribution in [2.24, 2.45) is 0 Å². The number of carbonyl (C=O) groups is 1. The molecule has 0 aromatic heterocycles. The summed E-state index contributed by atoms with van der Waals surface area (Å²) in [6, 6.07) is 16.0. The van der Waals surface area contributed by atoms with Crippen LogP contribution < -0.4 is 10.1 Å². The molecule has 0 atom stereocenters. The third kappa shape index (κ3) is 5.61. The van der Waals surface area contributed by atoms with Crippen molar-refractivity contribution in [1.29, 1.82) is 0 Å². The van der Waals surface area contributed by atoms with Crippen molar-refractivity contribution in [3.63, 3.8) is 0 Å². The highest BCUT2D eigenvalue weighted by Crippen LogP contribution is 2.15. The second-order valence-corrected chi connectivity index (χ2v) is 5.90. The first-order chi connectivity index (χ1) is 11.6. The zero-order chi connectivity index (χ0) is 17.4. The van der Waals surface area contributed by atoms with Crippen LogP contribution in [-0.2, 0) is 6.54 Å². The Labute approximate surface area is 144 Å². The third-order valence-electron chi connectivity index (χ3n) is 3.73. The normalized spacial score (nSPS) is 10.3. The molecule has 4 nitrogen and oxygen atoms in total. The molecule has 2 amide bonds. The third-order valence-corrected chi connectivity index (χ3v) is 3.73. The molecule has 0 heterocycles. The fourth-order valence-corrected chi connectivity index (χ4v) is 2.59. The predicted molar refractivity (Wildman–Crippen MR) is 97.3 cm³/mol. The van der Waals surface area contributed by atoms with Gasteiger partial charge in [-0.1, -0.05) is 36.4 Å². The first-order valence-electron chi connectivity index (χ1n) is 8.36. The van der Waals surface area contributed by atoms with Gasteiger partial charge in [0.15, 0.2) is 0 Å². The SMILES string of the molecule is CCN(Cc1ccccc1)C(=O)NCCOc1cc(C)cc(C)c1. The van der Waals surface area contributed by atoms with E-state index in [-0.39, 0.29) is 6.03 Å². The number of rotatable bonds is 7. The Hall–Kier alpha value is -2.49. The first kappa shape index (κ1) is 17.9. The van der Waals surface area contributed by atoms with Crippen LogP contribution in [0.3, 0.4) is 0 Å². The smallest absolute Gasteiger partial charge is 0.317 e. The average Bonchev–Trinajstić information content (AvgIpc) is 2.56. The van der Waals surface area contributed by atoms with Gasteiger partial charge in [-0.2, -0.15) is 0 Å². The van der Waals surface area contributed by atoms with E-state index in [0.29, 0.717) is 26.2 Å². The predicted octanol–water partition coefficient (Wildman–Crippen LogP) is 3.91. The molecule has 1 N–H and O–H groups in total. The van der Waals surface area contributed by atoms with Gasteiger partial charge in [-0.25, -0.2) is 4.79 Å². The van der Waals surface area contributed by atoms with Gasteiger partial charge >= 0.3 is 6.03 Å². The summed E-state index contributed by atoms with van der Waals surface area (Å²) in [5, 5.41) is 2.92. The van der Waals surface area contributed by atoms with Crippen LogP contribution in [0.2, 0.25) is 0 Å². The number of urea groups is 1. The molecule has 0 aliphatic carbocycles. The molecular weight excluding hydrogens is 300 g/mol. The minimum absolute atomic E-state index is 0.0645. The number of ether oxygens (including phenoxy) is 1. The molecule has 0 bridgehead atoms. The Balaban J connectivity index is 1.77. The largest absolute Gasteiger partial charge is 0.492 e. The van der Waals surface area contributed by atoms with Crippen molar-refractivity contribution >= 4 is 6.03 Å². The van der Waals surface area contributed by atoms with Gasteiger partial charge in [0, 0.05) is 13.1 Å². The summed E-state index contributed by atoms with van der Waals surface area (Å²) in [6.45, 7) is 8.29. The van der Waals surface area contributed by atoms with Crippen LogP contribution in [0.15, 0.2) is 48.5 Å². The number of hydrogen-bond donors (Lipinski definition) is 1. The van der Waals surface area contributed by atoms with E-state index in [9.17, 15) is 4.79 Å². The van der Waals surface area contributed by atoms with Crippen LogP contribution in [0, 0.1) is 13.8 Å².